The molecule has 3 aliphatic carbocycles. The second kappa shape index (κ2) is 7.66. The molecule has 0 bridgehead atoms. The molecular formula is C27H35FO2. The zero-order chi connectivity index (χ0) is 21.6. The van der Waals surface area contributed by atoms with E-state index in [0.717, 1.165) is 44.1 Å². The van der Waals surface area contributed by atoms with Crippen molar-refractivity contribution in [2.75, 3.05) is 0 Å². The molecule has 30 heavy (non-hydrogen) atoms. The van der Waals surface area contributed by atoms with E-state index in [2.05, 4.69) is 39.5 Å². The number of carbonyl (C=O) groups excluding carboxylic acids is 1. The Hall–Kier alpha value is -1.90. The van der Waals surface area contributed by atoms with Crippen LogP contribution in [0, 0.1) is 33.9 Å². The molecule has 0 unspecified atom stereocenters. The lowest BCUT2D eigenvalue weighted by Gasteiger charge is -2.58. The number of carbonyl (C=O) groups is 1. The summed E-state index contributed by atoms with van der Waals surface area (Å²) >= 11 is 0. The maximum atomic E-state index is 13.3. The van der Waals surface area contributed by atoms with E-state index < -0.39 is 5.41 Å². The van der Waals surface area contributed by atoms with Crippen LogP contribution in [0.2, 0.25) is 0 Å². The molecule has 0 heterocycles. The first-order valence-electron chi connectivity index (χ1n) is 11.5. The van der Waals surface area contributed by atoms with E-state index >= 15 is 0 Å². The van der Waals surface area contributed by atoms with Crippen LogP contribution in [-0.2, 0) is 16.1 Å². The van der Waals surface area contributed by atoms with E-state index in [1.165, 1.54) is 18.6 Å². The average Bonchev–Trinajstić information content (AvgIpc) is 2.72. The van der Waals surface area contributed by atoms with Crippen molar-refractivity contribution in [3.05, 3.63) is 60.0 Å². The predicted molar refractivity (Wildman–Crippen MR) is 118 cm³/mol. The number of hydrogen-bond donors (Lipinski definition) is 0. The van der Waals surface area contributed by atoms with Crippen molar-refractivity contribution in [2.45, 2.75) is 72.3 Å². The molecule has 0 aliphatic heterocycles. The molecule has 1 aromatic rings. The summed E-state index contributed by atoms with van der Waals surface area (Å²) < 4.78 is 19.0. The summed E-state index contributed by atoms with van der Waals surface area (Å²) in [5, 5.41) is 0. The zero-order valence-corrected chi connectivity index (χ0v) is 18.7. The Morgan fingerprint density at radius 3 is 2.63 bits per heavy atom. The van der Waals surface area contributed by atoms with Crippen molar-refractivity contribution in [2.24, 2.45) is 28.1 Å². The lowest BCUT2D eigenvalue weighted by molar-refractivity contribution is -0.169. The fourth-order valence-electron chi connectivity index (χ4n) is 6.75. The van der Waals surface area contributed by atoms with Gasteiger partial charge < -0.3 is 4.74 Å². The van der Waals surface area contributed by atoms with E-state index in [0.29, 0.717) is 11.8 Å². The van der Waals surface area contributed by atoms with E-state index in [4.69, 9.17) is 4.74 Å². The van der Waals surface area contributed by atoms with E-state index in [9.17, 15) is 9.18 Å². The normalized spacial score (nSPS) is 38.1. The van der Waals surface area contributed by atoms with Gasteiger partial charge in [-0.25, -0.2) is 4.39 Å². The van der Waals surface area contributed by atoms with Gasteiger partial charge >= 0.3 is 5.97 Å². The number of allylic oxidation sites excluding steroid dienone is 3. The van der Waals surface area contributed by atoms with Gasteiger partial charge in [-0.2, -0.15) is 0 Å². The molecule has 4 rings (SSSR count). The van der Waals surface area contributed by atoms with Crippen molar-refractivity contribution < 1.29 is 13.9 Å². The fourth-order valence-corrected chi connectivity index (χ4v) is 6.75. The summed E-state index contributed by atoms with van der Waals surface area (Å²) in [5.41, 5.74) is 2.24. The van der Waals surface area contributed by atoms with Crippen molar-refractivity contribution in [1.82, 2.24) is 0 Å². The molecule has 0 N–H and O–H groups in total. The summed E-state index contributed by atoms with van der Waals surface area (Å²) in [5.74, 6) is 0.564. The van der Waals surface area contributed by atoms with Crippen LogP contribution in [0.25, 0.3) is 0 Å². The highest BCUT2D eigenvalue weighted by Gasteiger charge is 2.58. The number of hydrogen-bond acceptors (Lipinski definition) is 2. The Bertz CT molecular complexity index is 856. The topological polar surface area (TPSA) is 26.3 Å². The Morgan fingerprint density at radius 1 is 1.20 bits per heavy atom. The number of fused-ring (bicyclic) bond motifs is 3. The van der Waals surface area contributed by atoms with Gasteiger partial charge in [0.2, 0.25) is 0 Å². The van der Waals surface area contributed by atoms with Gasteiger partial charge in [-0.15, -0.1) is 6.58 Å². The molecule has 2 saturated carbocycles. The second-order valence-electron chi connectivity index (χ2n) is 10.6. The van der Waals surface area contributed by atoms with E-state index in [-0.39, 0.29) is 29.2 Å². The Morgan fingerprint density at radius 2 is 1.93 bits per heavy atom. The maximum Gasteiger partial charge on any atom is 0.312 e. The molecule has 1 aromatic carbocycles. The quantitative estimate of drug-likeness (QED) is 0.394. The molecule has 162 valence electrons. The minimum atomic E-state index is -0.460. The number of benzene rings is 1. The molecule has 2 fully saturated rings. The van der Waals surface area contributed by atoms with Crippen LogP contribution in [0.4, 0.5) is 4.39 Å². The lowest BCUT2D eigenvalue weighted by atomic mass is 9.46. The number of ether oxygens (including phenoxy) is 1. The summed E-state index contributed by atoms with van der Waals surface area (Å²) in [4.78, 5) is 13.3. The Kier molecular flexibility index (Phi) is 5.45. The molecule has 5 atom stereocenters. The van der Waals surface area contributed by atoms with Gasteiger partial charge in [-0.1, -0.05) is 50.1 Å². The molecule has 3 heteroatoms. The van der Waals surface area contributed by atoms with Crippen LogP contribution in [0.15, 0.2) is 48.6 Å². The minimum Gasteiger partial charge on any atom is -0.460 e. The lowest BCUT2D eigenvalue weighted by Crippen LogP contribution is -2.53. The Balaban J connectivity index is 1.55. The van der Waals surface area contributed by atoms with E-state index in [1.807, 2.05) is 0 Å². The molecule has 3 aliphatic rings. The predicted octanol–water partition coefficient (Wildman–Crippen LogP) is 7.00. The van der Waals surface area contributed by atoms with E-state index in [1.54, 1.807) is 17.7 Å². The van der Waals surface area contributed by atoms with Gasteiger partial charge in [0.05, 0.1) is 5.41 Å². The van der Waals surface area contributed by atoms with Gasteiger partial charge in [-0.3, -0.25) is 4.79 Å². The summed E-state index contributed by atoms with van der Waals surface area (Å²) in [6.07, 6.45) is 12.2. The van der Waals surface area contributed by atoms with Gasteiger partial charge in [0, 0.05) is 0 Å². The molecule has 2 nitrogen and oxygen atoms in total. The van der Waals surface area contributed by atoms with Crippen LogP contribution < -0.4 is 0 Å². The number of halogens is 1. The number of rotatable bonds is 4. The SMILES string of the molecule is C=C[C@@]1(C)CC=C2[C@@H](CC[C@@H]3[C@](C)(C(=O)OCc4ccc(F)cc4)CCC[C@@]23C)C1. The monoisotopic (exact) mass is 410 g/mol. The van der Waals surface area contributed by atoms with Crippen LogP contribution in [0.3, 0.4) is 0 Å². The van der Waals surface area contributed by atoms with Crippen molar-refractivity contribution in [1.29, 1.82) is 0 Å². The molecule has 0 radical (unpaired) electrons. The van der Waals surface area contributed by atoms with Crippen molar-refractivity contribution >= 4 is 5.97 Å². The third kappa shape index (κ3) is 3.55. The summed E-state index contributed by atoms with van der Waals surface area (Å²) in [6.45, 7) is 11.1. The largest absolute Gasteiger partial charge is 0.460 e. The highest BCUT2D eigenvalue weighted by molar-refractivity contribution is 5.77. The first-order valence-corrected chi connectivity index (χ1v) is 11.5. The van der Waals surface area contributed by atoms with Gasteiger partial charge in [0.15, 0.2) is 0 Å². The molecule has 0 aromatic heterocycles. The summed E-state index contributed by atoms with van der Waals surface area (Å²) in [6, 6.07) is 6.20. The first-order chi connectivity index (χ1) is 14.2. The van der Waals surface area contributed by atoms with Gasteiger partial charge in [0.1, 0.15) is 12.4 Å². The minimum absolute atomic E-state index is 0.0767. The van der Waals surface area contributed by atoms with Gasteiger partial charge in [0.25, 0.3) is 0 Å². The van der Waals surface area contributed by atoms with Crippen molar-refractivity contribution in [3.63, 3.8) is 0 Å². The smallest absolute Gasteiger partial charge is 0.312 e. The fraction of sp³-hybridized carbons (Fsp3) is 0.593. The third-order valence-corrected chi connectivity index (χ3v) is 8.58. The first kappa shape index (κ1) is 21.3. The van der Waals surface area contributed by atoms with Gasteiger partial charge in [-0.05, 0) is 85.8 Å². The summed E-state index contributed by atoms with van der Waals surface area (Å²) in [7, 11) is 0. The highest BCUT2D eigenvalue weighted by Crippen LogP contribution is 2.64. The number of esters is 1. The van der Waals surface area contributed by atoms with Crippen LogP contribution >= 0.6 is 0 Å². The zero-order valence-electron chi connectivity index (χ0n) is 18.7. The maximum absolute atomic E-state index is 13.3. The van der Waals surface area contributed by atoms with Crippen molar-refractivity contribution in [3.8, 4) is 0 Å². The van der Waals surface area contributed by atoms with Crippen LogP contribution in [0.1, 0.15) is 71.3 Å². The third-order valence-electron chi connectivity index (χ3n) is 8.58. The van der Waals surface area contributed by atoms with Crippen LogP contribution in [0.5, 0.6) is 0 Å². The molecule has 0 saturated heterocycles. The Labute approximate surface area is 180 Å². The standard InChI is InChI=1S/C27H35FO2/c1-5-25(2)16-13-22-20(17-25)9-12-23-26(22,3)14-6-15-27(23,4)24(29)30-18-19-7-10-21(28)11-8-19/h5,7-8,10-11,13,20,23H,1,6,9,12,14-18H2,2-4H3/t20-,23-,25-,26-,27+/m0/s1. The molecule has 0 spiro atoms. The second-order valence-corrected chi connectivity index (χ2v) is 10.6. The highest BCUT2D eigenvalue weighted by atomic mass is 19.1. The van der Waals surface area contributed by atoms with Crippen LogP contribution in [-0.4, -0.2) is 5.97 Å². The molecular weight excluding hydrogens is 375 g/mol. The molecule has 0 amide bonds. The average molecular weight is 411 g/mol.